The number of rotatable bonds is 2. The van der Waals surface area contributed by atoms with E-state index in [1.54, 1.807) is 7.11 Å². The number of hydrogen-bond donors (Lipinski definition) is 0. The van der Waals surface area contributed by atoms with E-state index in [-0.39, 0.29) is 0 Å². The van der Waals surface area contributed by atoms with Crippen molar-refractivity contribution in [2.75, 3.05) is 7.11 Å². The zero-order chi connectivity index (χ0) is 7.40. The first-order valence-electron chi connectivity index (χ1n) is 2.88. The van der Waals surface area contributed by atoms with E-state index in [9.17, 15) is 0 Å². The second-order valence-corrected chi connectivity index (χ2v) is 5.14. The van der Waals surface area contributed by atoms with Crippen molar-refractivity contribution >= 4 is 32.5 Å². The van der Waals surface area contributed by atoms with E-state index in [1.165, 1.54) is 3.58 Å². The van der Waals surface area contributed by atoms with Crippen LogP contribution in [0.15, 0.2) is 24.3 Å². The summed E-state index contributed by atoms with van der Waals surface area (Å²) < 4.78 is 6.30. The van der Waals surface area contributed by atoms with Crippen molar-refractivity contribution in [2.24, 2.45) is 0 Å². The molecule has 52 valence electrons. The van der Waals surface area contributed by atoms with Crippen LogP contribution in [0.25, 0.3) is 0 Å². The Bertz CT molecular complexity index is 192. The van der Waals surface area contributed by atoms with E-state index in [4.69, 9.17) is 13.7 Å². The molecule has 0 heterocycles. The molecule has 1 rings (SSSR count). The van der Waals surface area contributed by atoms with Gasteiger partial charge >= 0.3 is 74.4 Å². The first kappa shape index (κ1) is 8.21. The van der Waals surface area contributed by atoms with Gasteiger partial charge in [0.2, 0.25) is 0 Å². The van der Waals surface area contributed by atoms with Crippen LogP contribution in [-0.2, 0) is 0 Å². The molecule has 0 aliphatic carbocycles. The Labute approximate surface area is 74.3 Å². The molecule has 0 aliphatic heterocycles. The summed E-state index contributed by atoms with van der Waals surface area (Å²) in [5, 5.41) is 0. The molecule has 10 heavy (non-hydrogen) atoms. The summed E-state index contributed by atoms with van der Waals surface area (Å²) in [6.07, 6.45) is 0. The Morgan fingerprint density at radius 2 is 2.10 bits per heavy atom. The van der Waals surface area contributed by atoms with Gasteiger partial charge in [-0.1, -0.05) is 0 Å². The molecule has 0 atom stereocenters. The molecule has 0 spiro atoms. The maximum atomic E-state index is 5.80. The third-order valence-electron chi connectivity index (χ3n) is 1.21. The van der Waals surface area contributed by atoms with E-state index < -0.39 is 20.0 Å². The van der Waals surface area contributed by atoms with Crippen LogP contribution in [0.4, 0.5) is 0 Å². The number of para-hydroxylation sites is 1. The van der Waals surface area contributed by atoms with Crippen LogP contribution in [0.1, 0.15) is 0 Å². The van der Waals surface area contributed by atoms with Crippen LogP contribution >= 0.6 is 8.92 Å². The van der Waals surface area contributed by atoms with Gasteiger partial charge in [-0.3, -0.25) is 0 Å². The van der Waals surface area contributed by atoms with Gasteiger partial charge in [0.1, 0.15) is 0 Å². The van der Waals surface area contributed by atoms with E-state index in [0.29, 0.717) is 0 Å². The van der Waals surface area contributed by atoms with E-state index in [2.05, 4.69) is 0 Å². The van der Waals surface area contributed by atoms with Gasteiger partial charge in [-0.2, -0.15) is 0 Å². The van der Waals surface area contributed by atoms with Crippen molar-refractivity contribution in [3.8, 4) is 5.75 Å². The molecule has 0 fully saturated rings. The van der Waals surface area contributed by atoms with E-state index in [0.717, 1.165) is 5.75 Å². The molecule has 0 unspecified atom stereocenters. The summed E-state index contributed by atoms with van der Waals surface area (Å²) in [7, 11) is 7.47. The third-order valence-corrected chi connectivity index (χ3v) is 4.33. The van der Waals surface area contributed by atoms with Crippen molar-refractivity contribution in [3.63, 3.8) is 0 Å². The zero-order valence-electron chi connectivity index (χ0n) is 5.60. The fourth-order valence-corrected chi connectivity index (χ4v) is 3.02. The van der Waals surface area contributed by atoms with Crippen molar-refractivity contribution < 1.29 is 4.74 Å². The van der Waals surface area contributed by atoms with Gasteiger partial charge in [0.15, 0.2) is 0 Å². The molecule has 3 heteroatoms. The Morgan fingerprint density at radius 1 is 1.40 bits per heavy atom. The molecule has 0 aliphatic rings. The molecule has 0 amide bonds. The monoisotopic (exact) mass is 262 g/mol. The first-order valence-corrected chi connectivity index (χ1v) is 7.92. The van der Waals surface area contributed by atoms with Gasteiger partial charge in [0.25, 0.3) is 0 Å². The quantitative estimate of drug-likeness (QED) is 0.726. The second kappa shape index (κ2) is 4.08. The summed E-state index contributed by atoms with van der Waals surface area (Å²) >= 11 is -0.849. The molecular weight excluding hydrogens is 254 g/mol. The third kappa shape index (κ3) is 1.80. The van der Waals surface area contributed by atoms with Crippen LogP contribution < -0.4 is 8.32 Å². The summed E-state index contributed by atoms with van der Waals surface area (Å²) in [5.74, 6) is 0.934. The Morgan fingerprint density at radius 3 is 2.60 bits per heavy atom. The Balaban J connectivity index is 2.96. The van der Waals surface area contributed by atoms with Gasteiger partial charge in [0, 0.05) is 0 Å². The average molecular weight is 261 g/mol. The molecule has 1 aromatic rings. The number of hydrogen-bond acceptors (Lipinski definition) is 1. The van der Waals surface area contributed by atoms with Crippen molar-refractivity contribution in [1.82, 2.24) is 0 Å². The summed E-state index contributed by atoms with van der Waals surface area (Å²) in [5.41, 5.74) is 0. The second-order valence-electron chi connectivity index (χ2n) is 1.79. The average Bonchev–Trinajstić information content (AvgIpc) is 2.04. The molecule has 0 saturated carbocycles. The summed E-state index contributed by atoms with van der Waals surface area (Å²) in [6, 6.07) is 7.91. The molecule has 1 nitrogen and oxygen atoms in total. The van der Waals surface area contributed by atoms with Gasteiger partial charge in [-0.05, 0) is 0 Å². The number of halogens is 1. The maximum absolute atomic E-state index is 5.80. The topological polar surface area (TPSA) is 9.23 Å². The number of benzene rings is 1. The molecule has 1 aromatic carbocycles. The van der Waals surface area contributed by atoms with E-state index >= 15 is 0 Å². The predicted molar refractivity (Wildman–Crippen MR) is 44.2 cm³/mol. The molecule has 0 aromatic heterocycles. The number of ether oxygens (including phenoxy) is 1. The Hall–Kier alpha value is 0.109. The predicted octanol–water partition coefficient (Wildman–Crippen LogP) is 1.18. The van der Waals surface area contributed by atoms with Crippen LogP contribution in [0.3, 0.4) is 0 Å². The van der Waals surface area contributed by atoms with Crippen LogP contribution in [-0.4, -0.2) is 27.1 Å². The van der Waals surface area contributed by atoms with Gasteiger partial charge in [-0.15, -0.1) is 0 Å². The standard InChI is InChI=1S/C7H7O.ClH.Sn/c1-8-7-5-3-2-4-6-7;;/h2-5H,1H3;1H;/q;;+1/p-1. The molecule has 0 bridgehead atoms. The van der Waals surface area contributed by atoms with Gasteiger partial charge in [-0.25, -0.2) is 0 Å². The normalized spacial score (nSPS) is 9.40. The zero-order valence-corrected chi connectivity index (χ0v) is 9.21. The first-order chi connectivity index (χ1) is 4.88. The number of methoxy groups -OCH3 is 1. The summed E-state index contributed by atoms with van der Waals surface area (Å²) in [6.45, 7) is 0. The minimum atomic E-state index is -0.849. The van der Waals surface area contributed by atoms with Crippen LogP contribution in [0.5, 0.6) is 5.75 Å². The SMILES string of the molecule is COc1cccc[c]1[Sn][Cl]. The Kier molecular flexibility index (Phi) is 3.35. The molecule has 0 saturated heterocycles. The van der Waals surface area contributed by atoms with Crippen LogP contribution in [0.2, 0.25) is 0 Å². The van der Waals surface area contributed by atoms with Crippen molar-refractivity contribution in [3.05, 3.63) is 24.3 Å². The minimum absolute atomic E-state index is 0.849. The van der Waals surface area contributed by atoms with Crippen molar-refractivity contribution in [1.29, 1.82) is 0 Å². The molecule has 0 N–H and O–H groups in total. The molecule has 2 radical (unpaired) electrons. The van der Waals surface area contributed by atoms with Crippen LogP contribution in [0, 0.1) is 0 Å². The van der Waals surface area contributed by atoms with E-state index in [1.807, 2.05) is 24.3 Å². The van der Waals surface area contributed by atoms with Gasteiger partial charge in [0.05, 0.1) is 0 Å². The molecular formula is C7H7ClOSn. The van der Waals surface area contributed by atoms with Crippen molar-refractivity contribution in [2.45, 2.75) is 0 Å². The fourth-order valence-electron chi connectivity index (χ4n) is 0.723. The summed E-state index contributed by atoms with van der Waals surface area (Å²) in [4.78, 5) is 0. The van der Waals surface area contributed by atoms with Gasteiger partial charge < -0.3 is 0 Å². The fraction of sp³-hybridized carbons (Fsp3) is 0.143.